The van der Waals surface area contributed by atoms with Gasteiger partial charge in [0, 0.05) is 23.7 Å². The maximum absolute atomic E-state index is 13.3. The average molecular weight is 228 g/mol. The van der Waals surface area contributed by atoms with E-state index in [4.69, 9.17) is 5.73 Å². The molecule has 1 rings (SSSR count). The zero-order valence-corrected chi connectivity index (χ0v) is 9.69. The molecule has 0 aliphatic carbocycles. The van der Waals surface area contributed by atoms with E-state index < -0.39 is 11.6 Å². The topological polar surface area (TPSA) is 38.0 Å². The van der Waals surface area contributed by atoms with Gasteiger partial charge in [0.2, 0.25) is 0 Å². The summed E-state index contributed by atoms with van der Waals surface area (Å²) < 4.78 is 26.0. The van der Waals surface area contributed by atoms with E-state index in [0.717, 1.165) is 12.5 Å². The van der Waals surface area contributed by atoms with E-state index in [9.17, 15) is 8.78 Å². The van der Waals surface area contributed by atoms with Crippen LogP contribution in [0.15, 0.2) is 18.2 Å². The normalized spacial score (nSPS) is 11.8. The van der Waals surface area contributed by atoms with Crippen LogP contribution in [0.1, 0.15) is 25.8 Å². The number of nitrogens with two attached hydrogens (primary N) is 1. The van der Waals surface area contributed by atoms with E-state index in [1.54, 1.807) is 0 Å². The summed E-state index contributed by atoms with van der Waals surface area (Å²) in [4.78, 5) is 0. The molecule has 0 bridgehead atoms. The Labute approximate surface area is 94.8 Å². The summed E-state index contributed by atoms with van der Waals surface area (Å²) in [6, 6.07) is 3.61. The van der Waals surface area contributed by atoms with E-state index in [1.807, 2.05) is 13.8 Å². The summed E-state index contributed by atoms with van der Waals surface area (Å²) >= 11 is 0. The second kappa shape index (κ2) is 5.37. The Balaban J connectivity index is 2.61. The molecule has 16 heavy (non-hydrogen) atoms. The maximum atomic E-state index is 13.3. The van der Waals surface area contributed by atoms with Gasteiger partial charge in [0.15, 0.2) is 0 Å². The summed E-state index contributed by atoms with van der Waals surface area (Å²) in [6.07, 6.45) is 0.801. The monoisotopic (exact) mass is 228 g/mol. The fourth-order valence-electron chi connectivity index (χ4n) is 1.45. The second-order valence-corrected chi connectivity index (χ2v) is 4.51. The highest BCUT2D eigenvalue weighted by Gasteiger charge is 2.16. The number of halogens is 2. The van der Waals surface area contributed by atoms with Crippen LogP contribution in [-0.4, -0.2) is 12.1 Å². The Kier molecular flexibility index (Phi) is 4.38. The van der Waals surface area contributed by atoms with Gasteiger partial charge >= 0.3 is 0 Å². The van der Waals surface area contributed by atoms with Crippen LogP contribution in [0, 0.1) is 11.6 Å². The minimum Gasteiger partial charge on any atom is -0.330 e. The van der Waals surface area contributed by atoms with Gasteiger partial charge in [-0.2, -0.15) is 0 Å². The first-order chi connectivity index (χ1) is 7.44. The van der Waals surface area contributed by atoms with E-state index >= 15 is 0 Å². The summed E-state index contributed by atoms with van der Waals surface area (Å²) in [5.41, 5.74) is 5.79. The van der Waals surface area contributed by atoms with Crippen molar-refractivity contribution in [3.63, 3.8) is 0 Å². The summed E-state index contributed by atoms with van der Waals surface area (Å²) in [5, 5.41) is 3.19. The molecule has 4 heteroatoms. The van der Waals surface area contributed by atoms with Crippen LogP contribution in [0.2, 0.25) is 0 Å². The Bertz CT molecular complexity index is 351. The average Bonchev–Trinajstić information content (AvgIpc) is 2.16. The van der Waals surface area contributed by atoms with E-state index in [1.165, 1.54) is 12.1 Å². The standard InChI is InChI=1S/C12H18F2N2/c1-12(2,5-6-15)16-8-9-3-4-10(13)7-11(9)14/h3-4,7,16H,5-6,8,15H2,1-2H3. The van der Waals surface area contributed by atoms with Gasteiger partial charge in [-0.3, -0.25) is 0 Å². The number of benzene rings is 1. The lowest BCUT2D eigenvalue weighted by Gasteiger charge is -2.25. The fourth-order valence-corrected chi connectivity index (χ4v) is 1.45. The molecule has 0 aliphatic rings. The molecule has 1 aromatic carbocycles. The first-order valence-electron chi connectivity index (χ1n) is 5.33. The van der Waals surface area contributed by atoms with Crippen molar-refractivity contribution >= 4 is 0 Å². The molecule has 0 saturated carbocycles. The highest BCUT2D eigenvalue weighted by Crippen LogP contribution is 2.12. The highest BCUT2D eigenvalue weighted by atomic mass is 19.1. The Morgan fingerprint density at radius 2 is 2.00 bits per heavy atom. The Hall–Kier alpha value is -1.00. The van der Waals surface area contributed by atoms with Crippen LogP contribution in [0.5, 0.6) is 0 Å². The Morgan fingerprint density at radius 1 is 1.31 bits per heavy atom. The fraction of sp³-hybridized carbons (Fsp3) is 0.500. The molecule has 90 valence electrons. The number of hydrogen-bond acceptors (Lipinski definition) is 2. The van der Waals surface area contributed by atoms with Crippen LogP contribution in [-0.2, 0) is 6.54 Å². The quantitative estimate of drug-likeness (QED) is 0.810. The smallest absolute Gasteiger partial charge is 0.130 e. The molecular weight excluding hydrogens is 210 g/mol. The van der Waals surface area contributed by atoms with Gasteiger partial charge in [0.05, 0.1) is 0 Å². The van der Waals surface area contributed by atoms with Crippen LogP contribution in [0.3, 0.4) is 0 Å². The van der Waals surface area contributed by atoms with Crippen molar-refractivity contribution in [3.8, 4) is 0 Å². The molecule has 0 heterocycles. The molecule has 3 N–H and O–H groups in total. The van der Waals surface area contributed by atoms with Crippen molar-refractivity contribution in [1.82, 2.24) is 5.32 Å². The zero-order chi connectivity index (χ0) is 12.2. The highest BCUT2D eigenvalue weighted by molar-refractivity contribution is 5.18. The van der Waals surface area contributed by atoms with Crippen LogP contribution in [0.4, 0.5) is 8.78 Å². The van der Waals surface area contributed by atoms with Gasteiger partial charge in [-0.05, 0) is 32.9 Å². The molecule has 0 saturated heterocycles. The summed E-state index contributed by atoms with van der Waals surface area (Å²) in [7, 11) is 0. The van der Waals surface area contributed by atoms with E-state index in [0.29, 0.717) is 18.7 Å². The molecule has 0 radical (unpaired) electrons. The first-order valence-corrected chi connectivity index (χ1v) is 5.33. The van der Waals surface area contributed by atoms with Gasteiger partial charge in [-0.1, -0.05) is 6.07 Å². The van der Waals surface area contributed by atoms with Gasteiger partial charge in [-0.15, -0.1) is 0 Å². The third-order valence-electron chi connectivity index (χ3n) is 2.54. The predicted octanol–water partition coefficient (Wildman–Crippen LogP) is 2.18. The molecule has 0 aromatic heterocycles. The lowest BCUT2D eigenvalue weighted by molar-refractivity contribution is 0.362. The van der Waals surface area contributed by atoms with Crippen molar-refractivity contribution in [2.24, 2.45) is 5.73 Å². The molecule has 0 fully saturated rings. The minimum absolute atomic E-state index is 0.143. The van der Waals surface area contributed by atoms with Crippen molar-refractivity contribution in [2.75, 3.05) is 6.54 Å². The molecule has 0 unspecified atom stereocenters. The molecule has 0 aliphatic heterocycles. The van der Waals surface area contributed by atoms with Crippen LogP contribution in [0.25, 0.3) is 0 Å². The van der Waals surface area contributed by atoms with Gasteiger partial charge < -0.3 is 11.1 Å². The minimum atomic E-state index is -0.553. The third kappa shape index (κ3) is 3.87. The molecule has 0 amide bonds. The van der Waals surface area contributed by atoms with Crippen molar-refractivity contribution in [2.45, 2.75) is 32.4 Å². The Morgan fingerprint density at radius 3 is 2.56 bits per heavy atom. The predicted molar refractivity (Wildman–Crippen MR) is 60.9 cm³/mol. The molecule has 0 spiro atoms. The van der Waals surface area contributed by atoms with Crippen molar-refractivity contribution in [1.29, 1.82) is 0 Å². The van der Waals surface area contributed by atoms with Gasteiger partial charge in [0.25, 0.3) is 0 Å². The zero-order valence-electron chi connectivity index (χ0n) is 9.69. The van der Waals surface area contributed by atoms with Crippen LogP contribution >= 0.6 is 0 Å². The summed E-state index contributed by atoms with van der Waals surface area (Å²) in [6.45, 7) is 4.95. The number of rotatable bonds is 5. The molecular formula is C12H18F2N2. The first kappa shape index (κ1) is 13.1. The van der Waals surface area contributed by atoms with E-state index in [2.05, 4.69) is 5.32 Å². The molecule has 1 aromatic rings. The largest absolute Gasteiger partial charge is 0.330 e. The lowest BCUT2D eigenvalue weighted by atomic mass is 10.0. The van der Waals surface area contributed by atoms with Crippen LogP contribution < -0.4 is 11.1 Å². The molecule has 2 nitrogen and oxygen atoms in total. The SMILES string of the molecule is CC(C)(CCN)NCc1ccc(F)cc1F. The number of nitrogens with one attached hydrogen (secondary N) is 1. The van der Waals surface area contributed by atoms with Gasteiger partial charge in [-0.25, -0.2) is 8.78 Å². The number of hydrogen-bond donors (Lipinski definition) is 2. The maximum Gasteiger partial charge on any atom is 0.130 e. The second-order valence-electron chi connectivity index (χ2n) is 4.51. The lowest BCUT2D eigenvalue weighted by Crippen LogP contribution is -2.40. The summed E-state index contributed by atoms with van der Waals surface area (Å²) in [5.74, 6) is -1.07. The molecule has 0 atom stereocenters. The van der Waals surface area contributed by atoms with Crippen molar-refractivity contribution < 1.29 is 8.78 Å². The van der Waals surface area contributed by atoms with Gasteiger partial charge in [0.1, 0.15) is 11.6 Å². The third-order valence-corrected chi connectivity index (χ3v) is 2.54. The van der Waals surface area contributed by atoms with Crippen molar-refractivity contribution in [3.05, 3.63) is 35.4 Å². The van der Waals surface area contributed by atoms with E-state index in [-0.39, 0.29) is 5.54 Å².